The van der Waals surface area contributed by atoms with Crippen LogP contribution in [0.4, 0.5) is 4.79 Å². The van der Waals surface area contributed by atoms with Gasteiger partial charge < -0.3 is 4.90 Å². The largest absolute Gasteiger partial charge is 0.346 e. The van der Waals surface area contributed by atoms with Crippen molar-refractivity contribution in [1.29, 1.82) is 0 Å². The zero-order valence-electron chi connectivity index (χ0n) is 11.1. The second-order valence-corrected chi connectivity index (χ2v) is 6.46. The van der Waals surface area contributed by atoms with Crippen molar-refractivity contribution in [3.8, 4) is 5.69 Å². The molecule has 3 rings (SSSR count). The summed E-state index contributed by atoms with van der Waals surface area (Å²) in [6.45, 7) is 1.57. The van der Waals surface area contributed by atoms with Crippen LogP contribution in [0.5, 0.6) is 0 Å². The number of aromatic nitrogens is 1. The number of urea groups is 1. The molecule has 1 aromatic heterocycles. The van der Waals surface area contributed by atoms with E-state index in [4.69, 9.17) is 23.2 Å². The number of benzene rings is 1. The number of nitrogens with zero attached hydrogens (tertiary/aromatic N) is 3. The molecule has 0 unspecified atom stereocenters. The molecule has 0 saturated carbocycles. The van der Waals surface area contributed by atoms with Crippen LogP contribution in [-0.2, 0) is 0 Å². The number of amides is 2. The third-order valence-electron chi connectivity index (χ3n) is 3.33. The fraction of sp³-hybridized carbons (Fsp3) is 0.286. The molecule has 0 atom stereocenters. The highest BCUT2D eigenvalue weighted by Crippen LogP contribution is 2.23. The van der Waals surface area contributed by atoms with Gasteiger partial charge in [0, 0.05) is 29.7 Å². The van der Waals surface area contributed by atoms with Crippen LogP contribution in [0.25, 0.3) is 5.69 Å². The Bertz CT molecular complexity index is 732. The molecule has 0 aliphatic carbocycles. The lowest BCUT2D eigenvalue weighted by molar-refractivity contribution is 0.218. The molecule has 2 aromatic rings. The number of carbonyl (C=O) groups is 1. The number of rotatable bonds is 1. The average molecular weight is 342 g/mol. The predicted molar refractivity (Wildman–Crippen MR) is 85.4 cm³/mol. The lowest BCUT2D eigenvalue weighted by Gasteiger charge is -2.11. The summed E-state index contributed by atoms with van der Waals surface area (Å²) >= 11 is 13.5. The molecular weight excluding hydrogens is 329 g/mol. The van der Waals surface area contributed by atoms with Gasteiger partial charge in [-0.25, -0.2) is 4.79 Å². The molecule has 7 heteroatoms. The van der Waals surface area contributed by atoms with E-state index in [0.717, 1.165) is 31.6 Å². The van der Waals surface area contributed by atoms with Crippen molar-refractivity contribution in [2.45, 2.75) is 12.8 Å². The summed E-state index contributed by atoms with van der Waals surface area (Å²) in [6.07, 6.45) is 3.94. The zero-order valence-corrected chi connectivity index (χ0v) is 13.5. The highest BCUT2D eigenvalue weighted by molar-refractivity contribution is 7.07. The third kappa shape index (κ3) is 3.15. The molecule has 0 bridgehead atoms. The maximum absolute atomic E-state index is 12.1. The number of hydrogen-bond donors (Lipinski definition) is 0. The summed E-state index contributed by atoms with van der Waals surface area (Å²) < 4.78 is 1.80. The van der Waals surface area contributed by atoms with Crippen molar-refractivity contribution < 1.29 is 4.79 Å². The minimum absolute atomic E-state index is 0.186. The minimum Gasteiger partial charge on any atom is -0.323 e. The third-order valence-corrected chi connectivity index (χ3v) is 4.62. The van der Waals surface area contributed by atoms with Crippen molar-refractivity contribution in [2.24, 2.45) is 4.99 Å². The van der Waals surface area contributed by atoms with Gasteiger partial charge in [0.2, 0.25) is 0 Å². The SMILES string of the molecule is O=C(/N=c1\sccn1-c1ccc(Cl)cc1Cl)N1CCCC1. The van der Waals surface area contributed by atoms with Gasteiger partial charge >= 0.3 is 6.03 Å². The first-order valence-corrected chi connectivity index (χ1v) is 8.24. The Morgan fingerprint density at radius 1 is 1.24 bits per heavy atom. The van der Waals surface area contributed by atoms with E-state index in [1.54, 1.807) is 21.6 Å². The van der Waals surface area contributed by atoms with Gasteiger partial charge in [0.15, 0.2) is 4.80 Å². The number of likely N-dealkylation sites (tertiary alicyclic amines) is 1. The van der Waals surface area contributed by atoms with Gasteiger partial charge in [-0.3, -0.25) is 4.57 Å². The van der Waals surface area contributed by atoms with Gasteiger partial charge in [-0.15, -0.1) is 11.3 Å². The normalized spacial score (nSPS) is 15.7. The number of hydrogen-bond acceptors (Lipinski definition) is 2. The van der Waals surface area contributed by atoms with E-state index in [2.05, 4.69) is 4.99 Å². The second-order valence-electron chi connectivity index (χ2n) is 4.74. The Morgan fingerprint density at radius 2 is 2.00 bits per heavy atom. The Morgan fingerprint density at radius 3 is 2.71 bits per heavy atom. The summed E-state index contributed by atoms with van der Waals surface area (Å²) in [7, 11) is 0. The first-order chi connectivity index (χ1) is 10.1. The van der Waals surface area contributed by atoms with E-state index in [9.17, 15) is 4.79 Å². The van der Waals surface area contributed by atoms with E-state index in [-0.39, 0.29) is 6.03 Å². The maximum Gasteiger partial charge on any atom is 0.346 e. The van der Waals surface area contributed by atoms with Crippen molar-refractivity contribution >= 4 is 40.6 Å². The van der Waals surface area contributed by atoms with E-state index in [0.29, 0.717) is 14.8 Å². The molecule has 1 aromatic carbocycles. The number of thiazole rings is 1. The van der Waals surface area contributed by atoms with Crippen LogP contribution < -0.4 is 4.80 Å². The summed E-state index contributed by atoms with van der Waals surface area (Å²) in [5.74, 6) is 0. The molecule has 1 fully saturated rings. The van der Waals surface area contributed by atoms with E-state index >= 15 is 0 Å². The molecule has 1 aliphatic heterocycles. The zero-order chi connectivity index (χ0) is 14.8. The predicted octanol–water partition coefficient (Wildman–Crippen LogP) is 3.96. The van der Waals surface area contributed by atoms with E-state index in [1.165, 1.54) is 11.3 Å². The fourth-order valence-corrected chi connectivity index (χ4v) is 3.48. The van der Waals surface area contributed by atoms with Gasteiger partial charge in [-0.1, -0.05) is 23.2 Å². The van der Waals surface area contributed by atoms with E-state index in [1.807, 2.05) is 17.6 Å². The summed E-state index contributed by atoms with van der Waals surface area (Å²) in [5.41, 5.74) is 0.760. The quantitative estimate of drug-likeness (QED) is 0.773. The molecular formula is C14H13Cl2N3OS. The second kappa shape index (κ2) is 6.22. The highest BCUT2D eigenvalue weighted by atomic mass is 35.5. The Labute approximate surface area is 136 Å². The standard InChI is InChI=1S/C14H13Cl2N3OS/c15-10-3-4-12(11(16)9-10)19-7-8-21-14(19)17-13(20)18-5-1-2-6-18/h3-4,7-9H,1-2,5-6H2/b17-14-. The molecule has 110 valence electrons. The molecule has 2 amide bonds. The van der Waals surface area contributed by atoms with Gasteiger partial charge in [0.25, 0.3) is 0 Å². The molecule has 0 spiro atoms. The summed E-state index contributed by atoms with van der Waals surface area (Å²) in [5, 5.41) is 2.98. The lowest BCUT2D eigenvalue weighted by atomic mass is 10.3. The van der Waals surface area contributed by atoms with Crippen molar-refractivity contribution in [2.75, 3.05) is 13.1 Å². The van der Waals surface area contributed by atoms with Gasteiger partial charge in [0.1, 0.15) is 0 Å². The molecule has 4 nitrogen and oxygen atoms in total. The molecule has 0 radical (unpaired) electrons. The summed E-state index contributed by atoms with van der Waals surface area (Å²) in [4.78, 5) is 18.7. The maximum atomic E-state index is 12.1. The first kappa shape index (κ1) is 14.6. The van der Waals surface area contributed by atoms with E-state index < -0.39 is 0 Å². The van der Waals surface area contributed by atoms with Crippen molar-refractivity contribution in [3.05, 3.63) is 44.6 Å². The highest BCUT2D eigenvalue weighted by Gasteiger charge is 2.17. The van der Waals surface area contributed by atoms with Crippen LogP contribution >= 0.6 is 34.5 Å². The van der Waals surface area contributed by atoms with Gasteiger partial charge in [0.05, 0.1) is 10.7 Å². The Kier molecular flexibility index (Phi) is 4.33. The smallest absolute Gasteiger partial charge is 0.323 e. The van der Waals surface area contributed by atoms with Crippen LogP contribution in [0.2, 0.25) is 10.0 Å². The van der Waals surface area contributed by atoms with Crippen molar-refractivity contribution in [1.82, 2.24) is 9.47 Å². The van der Waals surface area contributed by atoms with Gasteiger partial charge in [-0.2, -0.15) is 4.99 Å². The van der Waals surface area contributed by atoms with Crippen LogP contribution in [0.3, 0.4) is 0 Å². The molecule has 21 heavy (non-hydrogen) atoms. The summed E-state index contributed by atoms with van der Waals surface area (Å²) in [6, 6.07) is 5.07. The Balaban J connectivity index is 1.98. The first-order valence-electron chi connectivity index (χ1n) is 6.60. The molecule has 1 saturated heterocycles. The molecule has 2 heterocycles. The number of carbonyl (C=O) groups excluding carboxylic acids is 1. The van der Waals surface area contributed by atoms with Crippen LogP contribution in [-0.4, -0.2) is 28.6 Å². The van der Waals surface area contributed by atoms with Crippen molar-refractivity contribution in [3.63, 3.8) is 0 Å². The van der Waals surface area contributed by atoms with Crippen LogP contribution in [0.15, 0.2) is 34.8 Å². The minimum atomic E-state index is -0.186. The Hall–Kier alpha value is -1.30. The average Bonchev–Trinajstić information content (AvgIpc) is 3.10. The van der Waals surface area contributed by atoms with Crippen LogP contribution in [0, 0.1) is 0 Å². The van der Waals surface area contributed by atoms with Crippen LogP contribution in [0.1, 0.15) is 12.8 Å². The van der Waals surface area contributed by atoms with Gasteiger partial charge in [-0.05, 0) is 31.0 Å². The lowest BCUT2D eigenvalue weighted by Crippen LogP contribution is -2.27. The monoisotopic (exact) mass is 341 g/mol. The molecule has 0 N–H and O–H groups in total. The number of halogens is 2. The topological polar surface area (TPSA) is 37.6 Å². The fourth-order valence-electron chi connectivity index (χ4n) is 2.27. The molecule has 1 aliphatic rings.